The predicted octanol–water partition coefficient (Wildman–Crippen LogP) is 2.04. The Morgan fingerprint density at radius 1 is 1.05 bits per heavy atom. The lowest BCUT2D eigenvalue weighted by atomic mass is 10.0. The van der Waals surface area contributed by atoms with Crippen LogP contribution in [-0.2, 0) is 0 Å². The summed E-state index contributed by atoms with van der Waals surface area (Å²) >= 11 is 0. The first-order valence-electron chi connectivity index (χ1n) is 8.22. The van der Waals surface area contributed by atoms with Gasteiger partial charge in [0.25, 0.3) is 0 Å². The summed E-state index contributed by atoms with van der Waals surface area (Å²) < 4.78 is 0. The van der Waals surface area contributed by atoms with Crippen molar-refractivity contribution >= 4 is 0 Å². The van der Waals surface area contributed by atoms with Gasteiger partial charge in [-0.15, -0.1) is 0 Å². The second-order valence-corrected chi connectivity index (χ2v) is 7.14. The van der Waals surface area contributed by atoms with Crippen molar-refractivity contribution < 1.29 is 0 Å². The van der Waals surface area contributed by atoms with Gasteiger partial charge in [-0.2, -0.15) is 0 Å². The van der Waals surface area contributed by atoms with Crippen molar-refractivity contribution in [2.75, 3.05) is 39.8 Å². The molecule has 0 bridgehead atoms. The SMILES string of the molecule is CC(CC1CC1)NCC(C(C)C)N1CCN(C)CC1. The number of nitrogens with zero attached hydrogens (tertiary/aromatic N) is 2. The fraction of sp³-hybridized carbons (Fsp3) is 1.00. The van der Waals surface area contributed by atoms with E-state index in [-0.39, 0.29) is 0 Å². The van der Waals surface area contributed by atoms with Crippen LogP contribution in [-0.4, -0.2) is 61.7 Å². The molecule has 0 radical (unpaired) electrons. The van der Waals surface area contributed by atoms with E-state index in [4.69, 9.17) is 0 Å². The molecule has 19 heavy (non-hydrogen) atoms. The second-order valence-electron chi connectivity index (χ2n) is 7.14. The molecular weight excluding hydrogens is 234 g/mol. The fourth-order valence-corrected chi connectivity index (χ4v) is 3.20. The zero-order valence-electron chi connectivity index (χ0n) is 13.4. The van der Waals surface area contributed by atoms with Gasteiger partial charge in [-0.05, 0) is 32.2 Å². The Morgan fingerprint density at radius 3 is 2.21 bits per heavy atom. The Bertz CT molecular complexity index is 255. The van der Waals surface area contributed by atoms with Crippen molar-refractivity contribution in [1.29, 1.82) is 0 Å². The molecule has 1 heterocycles. The molecule has 2 atom stereocenters. The lowest BCUT2D eigenvalue weighted by Crippen LogP contribution is -2.54. The summed E-state index contributed by atoms with van der Waals surface area (Å²) in [5.74, 6) is 1.77. The predicted molar refractivity (Wildman–Crippen MR) is 82.5 cm³/mol. The summed E-state index contributed by atoms with van der Waals surface area (Å²) in [4.78, 5) is 5.14. The standard InChI is InChI=1S/C16H33N3/c1-13(2)16(19-9-7-18(4)8-10-19)12-17-14(3)11-15-5-6-15/h13-17H,5-12H2,1-4H3. The zero-order valence-corrected chi connectivity index (χ0v) is 13.4. The minimum absolute atomic E-state index is 0.696. The van der Waals surface area contributed by atoms with E-state index in [0.29, 0.717) is 12.1 Å². The van der Waals surface area contributed by atoms with Crippen LogP contribution in [0.15, 0.2) is 0 Å². The fourth-order valence-electron chi connectivity index (χ4n) is 3.20. The molecule has 2 fully saturated rings. The Hall–Kier alpha value is -0.120. The van der Waals surface area contributed by atoms with Gasteiger partial charge < -0.3 is 10.2 Å². The van der Waals surface area contributed by atoms with E-state index in [1.807, 2.05) is 0 Å². The van der Waals surface area contributed by atoms with Crippen LogP contribution >= 0.6 is 0 Å². The van der Waals surface area contributed by atoms with Crippen molar-refractivity contribution in [3.63, 3.8) is 0 Å². The highest BCUT2D eigenvalue weighted by Crippen LogP contribution is 2.33. The highest BCUT2D eigenvalue weighted by atomic mass is 15.3. The summed E-state index contributed by atoms with van der Waals surface area (Å²) in [5.41, 5.74) is 0. The minimum Gasteiger partial charge on any atom is -0.313 e. The van der Waals surface area contributed by atoms with Crippen molar-refractivity contribution in [2.45, 2.75) is 52.1 Å². The van der Waals surface area contributed by atoms with Gasteiger partial charge in [0, 0.05) is 44.8 Å². The summed E-state index contributed by atoms with van der Waals surface area (Å²) in [7, 11) is 2.23. The Kier molecular flexibility index (Phi) is 5.67. The maximum absolute atomic E-state index is 3.79. The number of rotatable bonds is 7. The Morgan fingerprint density at radius 2 is 1.68 bits per heavy atom. The minimum atomic E-state index is 0.696. The molecule has 2 aliphatic rings. The molecule has 1 N–H and O–H groups in total. The van der Waals surface area contributed by atoms with Crippen LogP contribution in [0, 0.1) is 11.8 Å². The topological polar surface area (TPSA) is 18.5 Å². The Balaban J connectivity index is 1.74. The van der Waals surface area contributed by atoms with Crippen LogP contribution in [0.3, 0.4) is 0 Å². The van der Waals surface area contributed by atoms with Gasteiger partial charge >= 0.3 is 0 Å². The zero-order chi connectivity index (χ0) is 13.8. The molecule has 1 saturated heterocycles. The first-order valence-corrected chi connectivity index (χ1v) is 8.22. The maximum atomic E-state index is 3.79. The molecule has 0 aromatic rings. The summed E-state index contributed by atoms with van der Waals surface area (Å²) in [6, 6.07) is 1.40. The highest BCUT2D eigenvalue weighted by molar-refractivity contribution is 4.84. The molecule has 0 aromatic heterocycles. The third kappa shape index (κ3) is 5.05. The molecule has 0 aromatic carbocycles. The van der Waals surface area contributed by atoms with E-state index in [2.05, 4.69) is 42.9 Å². The number of piperazine rings is 1. The number of hydrogen-bond acceptors (Lipinski definition) is 3. The third-order valence-electron chi connectivity index (χ3n) is 4.84. The molecule has 3 nitrogen and oxygen atoms in total. The summed E-state index contributed by atoms with van der Waals surface area (Å²) in [6.45, 7) is 13.2. The Labute approximate surface area is 119 Å². The number of nitrogens with one attached hydrogen (secondary N) is 1. The van der Waals surface area contributed by atoms with Crippen LogP contribution in [0.1, 0.15) is 40.0 Å². The van der Waals surface area contributed by atoms with Crippen LogP contribution in [0.25, 0.3) is 0 Å². The molecule has 1 saturated carbocycles. The van der Waals surface area contributed by atoms with E-state index in [9.17, 15) is 0 Å². The lowest BCUT2D eigenvalue weighted by Gasteiger charge is -2.40. The monoisotopic (exact) mass is 267 g/mol. The first-order chi connectivity index (χ1) is 9.06. The molecule has 112 valence electrons. The molecule has 3 heteroatoms. The average molecular weight is 267 g/mol. The third-order valence-corrected chi connectivity index (χ3v) is 4.84. The van der Waals surface area contributed by atoms with E-state index in [1.54, 1.807) is 0 Å². The summed E-state index contributed by atoms with van der Waals surface area (Å²) in [6.07, 6.45) is 4.32. The quantitative estimate of drug-likeness (QED) is 0.761. The van der Waals surface area contributed by atoms with Crippen molar-refractivity contribution in [2.24, 2.45) is 11.8 Å². The second kappa shape index (κ2) is 7.05. The van der Waals surface area contributed by atoms with Crippen molar-refractivity contribution in [3.8, 4) is 0 Å². The molecular formula is C16H33N3. The van der Waals surface area contributed by atoms with Crippen molar-refractivity contribution in [1.82, 2.24) is 15.1 Å². The van der Waals surface area contributed by atoms with Crippen LogP contribution in [0.2, 0.25) is 0 Å². The lowest BCUT2D eigenvalue weighted by molar-refractivity contribution is 0.0860. The van der Waals surface area contributed by atoms with Gasteiger partial charge in [-0.25, -0.2) is 0 Å². The number of likely N-dealkylation sites (N-methyl/N-ethyl adjacent to an activating group) is 1. The van der Waals surface area contributed by atoms with Gasteiger partial charge in [0.1, 0.15) is 0 Å². The van der Waals surface area contributed by atoms with E-state index in [0.717, 1.165) is 18.4 Å². The molecule has 0 spiro atoms. The molecule has 1 aliphatic carbocycles. The average Bonchev–Trinajstić information content (AvgIpc) is 3.15. The van der Waals surface area contributed by atoms with Gasteiger partial charge in [0.15, 0.2) is 0 Å². The van der Waals surface area contributed by atoms with Gasteiger partial charge in [0.05, 0.1) is 0 Å². The van der Waals surface area contributed by atoms with Gasteiger partial charge in [-0.1, -0.05) is 26.7 Å². The first kappa shape index (κ1) is 15.3. The largest absolute Gasteiger partial charge is 0.313 e. The molecule has 2 unspecified atom stereocenters. The van der Waals surface area contributed by atoms with Crippen LogP contribution < -0.4 is 5.32 Å². The smallest absolute Gasteiger partial charge is 0.0244 e. The van der Waals surface area contributed by atoms with Crippen LogP contribution in [0.5, 0.6) is 0 Å². The van der Waals surface area contributed by atoms with Crippen molar-refractivity contribution in [3.05, 3.63) is 0 Å². The van der Waals surface area contributed by atoms with E-state index < -0.39 is 0 Å². The van der Waals surface area contributed by atoms with Gasteiger partial charge in [0.2, 0.25) is 0 Å². The van der Waals surface area contributed by atoms with Gasteiger partial charge in [-0.3, -0.25) is 4.90 Å². The molecule has 0 amide bonds. The van der Waals surface area contributed by atoms with Crippen LogP contribution in [0.4, 0.5) is 0 Å². The maximum Gasteiger partial charge on any atom is 0.0244 e. The molecule has 2 rings (SSSR count). The van der Waals surface area contributed by atoms with E-state index in [1.165, 1.54) is 45.4 Å². The molecule has 1 aliphatic heterocycles. The highest BCUT2D eigenvalue weighted by Gasteiger charge is 2.27. The normalized spacial score (nSPS) is 25.7. The summed E-state index contributed by atoms with van der Waals surface area (Å²) in [5, 5.41) is 3.79. The number of hydrogen-bond donors (Lipinski definition) is 1. The van der Waals surface area contributed by atoms with E-state index >= 15 is 0 Å².